The number of phenolic OH excluding ortho intramolecular Hbond substituents is 1. The number of para-hydroxylation sites is 1. The van der Waals surface area contributed by atoms with E-state index in [1.807, 2.05) is 31.1 Å². The molecule has 0 unspecified atom stereocenters. The molecule has 3 aromatic rings. The topological polar surface area (TPSA) is 79.5 Å². The fraction of sp³-hybridized carbons (Fsp3) is 0.118. The standard InChI is InChI=1S/C17H15N3O3/c1-19(2)12-8-7-11-9-15(20(22)23)17(18-14(11)10-12)13-5-3-4-6-16(13)21/h3-10,21H,1-2H3. The van der Waals surface area contributed by atoms with Crippen molar-refractivity contribution >= 4 is 22.3 Å². The van der Waals surface area contributed by atoms with Crippen LogP contribution in [0.25, 0.3) is 22.2 Å². The molecule has 0 radical (unpaired) electrons. The van der Waals surface area contributed by atoms with Crippen LogP contribution in [0.3, 0.4) is 0 Å². The Hall–Kier alpha value is -3.15. The predicted molar refractivity (Wildman–Crippen MR) is 89.8 cm³/mol. The molecule has 0 saturated carbocycles. The molecule has 3 rings (SSSR count). The van der Waals surface area contributed by atoms with Crippen molar-refractivity contribution in [1.82, 2.24) is 4.98 Å². The molecule has 116 valence electrons. The number of hydrogen-bond acceptors (Lipinski definition) is 5. The fourth-order valence-electron chi connectivity index (χ4n) is 2.43. The van der Waals surface area contributed by atoms with E-state index >= 15 is 0 Å². The number of pyridine rings is 1. The van der Waals surface area contributed by atoms with Crippen molar-refractivity contribution in [3.05, 3.63) is 58.6 Å². The summed E-state index contributed by atoms with van der Waals surface area (Å²) in [6.07, 6.45) is 0. The third-order valence-electron chi connectivity index (χ3n) is 3.65. The molecule has 2 aromatic carbocycles. The lowest BCUT2D eigenvalue weighted by Crippen LogP contribution is -2.08. The van der Waals surface area contributed by atoms with Crippen molar-refractivity contribution in [3.63, 3.8) is 0 Å². The van der Waals surface area contributed by atoms with Crippen LogP contribution in [0.2, 0.25) is 0 Å². The largest absolute Gasteiger partial charge is 0.507 e. The van der Waals surface area contributed by atoms with Crippen LogP contribution in [0, 0.1) is 10.1 Å². The highest BCUT2D eigenvalue weighted by Crippen LogP contribution is 2.36. The molecule has 1 N–H and O–H groups in total. The first-order valence-corrected chi connectivity index (χ1v) is 7.02. The molecule has 0 saturated heterocycles. The number of nitro groups is 1. The van der Waals surface area contributed by atoms with E-state index < -0.39 is 4.92 Å². The second-order valence-corrected chi connectivity index (χ2v) is 5.40. The number of aromatic nitrogens is 1. The van der Waals surface area contributed by atoms with Crippen molar-refractivity contribution in [2.45, 2.75) is 0 Å². The summed E-state index contributed by atoms with van der Waals surface area (Å²) in [7, 11) is 3.83. The maximum absolute atomic E-state index is 11.4. The molecule has 6 heteroatoms. The fourth-order valence-corrected chi connectivity index (χ4v) is 2.43. The van der Waals surface area contributed by atoms with Gasteiger partial charge in [-0.2, -0.15) is 0 Å². The number of aromatic hydroxyl groups is 1. The van der Waals surface area contributed by atoms with Gasteiger partial charge in [0.1, 0.15) is 5.75 Å². The predicted octanol–water partition coefficient (Wildman–Crippen LogP) is 3.58. The van der Waals surface area contributed by atoms with Crippen LogP contribution in [0.5, 0.6) is 5.75 Å². The number of anilines is 1. The van der Waals surface area contributed by atoms with Crippen molar-refractivity contribution in [2.24, 2.45) is 0 Å². The Balaban J connectivity index is 2.32. The van der Waals surface area contributed by atoms with Crippen LogP contribution in [0.1, 0.15) is 0 Å². The second kappa shape index (κ2) is 5.57. The highest BCUT2D eigenvalue weighted by atomic mass is 16.6. The lowest BCUT2D eigenvalue weighted by Gasteiger charge is -2.13. The lowest BCUT2D eigenvalue weighted by molar-refractivity contribution is -0.384. The number of hydrogen-bond donors (Lipinski definition) is 1. The quantitative estimate of drug-likeness (QED) is 0.591. The van der Waals surface area contributed by atoms with Crippen LogP contribution in [0.4, 0.5) is 11.4 Å². The summed E-state index contributed by atoms with van der Waals surface area (Å²) in [4.78, 5) is 17.3. The molecule has 0 atom stereocenters. The van der Waals surface area contributed by atoms with Crippen LogP contribution in [-0.4, -0.2) is 29.1 Å². The zero-order valence-corrected chi connectivity index (χ0v) is 12.7. The number of phenols is 1. The average molecular weight is 309 g/mol. The van der Waals surface area contributed by atoms with Crippen molar-refractivity contribution < 1.29 is 10.0 Å². The highest BCUT2D eigenvalue weighted by Gasteiger charge is 2.20. The first-order valence-electron chi connectivity index (χ1n) is 7.02. The first kappa shape index (κ1) is 14.8. The molecular weight excluding hydrogens is 294 g/mol. The Morgan fingerprint density at radius 3 is 2.52 bits per heavy atom. The van der Waals surface area contributed by atoms with Crippen molar-refractivity contribution in [1.29, 1.82) is 0 Å². The van der Waals surface area contributed by atoms with Gasteiger partial charge in [0.25, 0.3) is 5.69 Å². The second-order valence-electron chi connectivity index (χ2n) is 5.40. The molecule has 1 heterocycles. The molecule has 6 nitrogen and oxygen atoms in total. The summed E-state index contributed by atoms with van der Waals surface area (Å²) in [6, 6.07) is 13.5. The maximum atomic E-state index is 11.4. The number of fused-ring (bicyclic) bond motifs is 1. The number of nitrogens with zero attached hydrogens (tertiary/aromatic N) is 3. The minimum atomic E-state index is -0.478. The maximum Gasteiger partial charge on any atom is 0.296 e. The lowest BCUT2D eigenvalue weighted by atomic mass is 10.1. The van der Waals surface area contributed by atoms with Crippen molar-refractivity contribution in [3.8, 4) is 17.0 Å². The Bertz CT molecular complexity index is 907. The Kier molecular flexibility index (Phi) is 3.57. The van der Waals surface area contributed by atoms with E-state index in [0.717, 1.165) is 5.69 Å². The van der Waals surface area contributed by atoms with Crippen LogP contribution in [-0.2, 0) is 0 Å². The van der Waals surface area contributed by atoms with E-state index in [4.69, 9.17) is 0 Å². The monoisotopic (exact) mass is 309 g/mol. The first-order chi connectivity index (χ1) is 11.0. The summed E-state index contributed by atoms with van der Waals surface area (Å²) in [5, 5.41) is 22.1. The summed E-state index contributed by atoms with van der Waals surface area (Å²) in [6.45, 7) is 0. The van der Waals surface area contributed by atoms with Gasteiger partial charge >= 0.3 is 0 Å². The van der Waals surface area contributed by atoms with E-state index in [1.54, 1.807) is 24.3 Å². The molecule has 1 aromatic heterocycles. The average Bonchev–Trinajstić information content (AvgIpc) is 2.53. The van der Waals surface area contributed by atoms with Gasteiger partial charge in [-0.05, 0) is 24.3 Å². The summed E-state index contributed by atoms with van der Waals surface area (Å²) in [5.41, 5.74) is 1.96. The van der Waals surface area contributed by atoms with Gasteiger partial charge in [-0.1, -0.05) is 18.2 Å². The van der Waals surface area contributed by atoms with Gasteiger partial charge < -0.3 is 10.0 Å². The van der Waals surface area contributed by atoms with Gasteiger partial charge in [0.15, 0.2) is 5.69 Å². The molecule has 0 bridgehead atoms. The van der Waals surface area contributed by atoms with Gasteiger partial charge in [0.05, 0.1) is 10.4 Å². The zero-order valence-electron chi connectivity index (χ0n) is 12.7. The van der Waals surface area contributed by atoms with E-state index in [9.17, 15) is 15.2 Å². The van der Waals surface area contributed by atoms with Gasteiger partial charge in [0, 0.05) is 36.8 Å². The molecule has 0 aliphatic carbocycles. The Morgan fingerprint density at radius 1 is 1.13 bits per heavy atom. The van der Waals surface area contributed by atoms with Crippen LogP contribution < -0.4 is 4.90 Å². The third-order valence-corrected chi connectivity index (χ3v) is 3.65. The summed E-state index contributed by atoms with van der Waals surface area (Å²) in [5.74, 6) is -0.0359. The van der Waals surface area contributed by atoms with E-state index in [-0.39, 0.29) is 17.1 Å². The smallest absolute Gasteiger partial charge is 0.296 e. The Labute approximate surface area is 132 Å². The molecule has 0 aliphatic heterocycles. The minimum absolute atomic E-state index is 0.0359. The van der Waals surface area contributed by atoms with E-state index in [0.29, 0.717) is 16.5 Å². The molecule has 0 amide bonds. The minimum Gasteiger partial charge on any atom is -0.507 e. The van der Waals surface area contributed by atoms with Crippen LogP contribution >= 0.6 is 0 Å². The molecule has 23 heavy (non-hydrogen) atoms. The molecule has 0 aliphatic rings. The number of rotatable bonds is 3. The van der Waals surface area contributed by atoms with Crippen LogP contribution in [0.15, 0.2) is 48.5 Å². The van der Waals surface area contributed by atoms with Gasteiger partial charge in [-0.3, -0.25) is 10.1 Å². The highest BCUT2D eigenvalue weighted by molar-refractivity contribution is 5.89. The number of benzene rings is 2. The SMILES string of the molecule is CN(C)c1ccc2cc([N+](=O)[O-])c(-c3ccccc3O)nc2c1. The molecule has 0 spiro atoms. The summed E-state index contributed by atoms with van der Waals surface area (Å²) < 4.78 is 0. The van der Waals surface area contributed by atoms with Gasteiger partial charge in [-0.15, -0.1) is 0 Å². The van der Waals surface area contributed by atoms with E-state index in [2.05, 4.69) is 4.98 Å². The van der Waals surface area contributed by atoms with E-state index in [1.165, 1.54) is 12.1 Å². The van der Waals surface area contributed by atoms with Crippen molar-refractivity contribution in [2.75, 3.05) is 19.0 Å². The Morgan fingerprint density at radius 2 is 1.87 bits per heavy atom. The molecule has 0 fully saturated rings. The zero-order chi connectivity index (χ0) is 16.6. The summed E-state index contributed by atoms with van der Waals surface area (Å²) >= 11 is 0. The van der Waals surface area contributed by atoms with Gasteiger partial charge in [-0.25, -0.2) is 4.98 Å². The third kappa shape index (κ3) is 2.66. The molecular formula is C17H15N3O3. The normalized spacial score (nSPS) is 10.7. The van der Waals surface area contributed by atoms with Gasteiger partial charge in [0.2, 0.25) is 0 Å².